The molecule has 0 aromatic carbocycles. The first-order valence-corrected chi connectivity index (χ1v) is 9.41. The molecule has 0 bridgehead atoms. The highest BCUT2D eigenvalue weighted by atomic mass is 79.9. The lowest BCUT2D eigenvalue weighted by Gasteiger charge is -2.18. The zero-order valence-corrected chi connectivity index (χ0v) is 13.9. The van der Waals surface area contributed by atoms with Crippen LogP contribution in [0.25, 0.3) is 0 Å². The lowest BCUT2D eigenvalue weighted by atomic mass is 10.1. The number of hydrogen-bond acceptors (Lipinski definition) is 3. The van der Waals surface area contributed by atoms with Crippen LogP contribution in [0, 0.1) is 12.8 Å². The summed E-state index contributed by atoms with van der Waals surface area (Å²) in [5.41, 5.74) is 0.945. The topological polar surface area (TPSA) is 46.2 Å². The molecule has 1 N–H and O–H groups in total. The number of alkyl halides is 1. The Morgan fingerprint density at radius 2 is 2.28 bits per heavy atom. The van der Waals surface area contributed by atoms with E-state index in [-0.39, 0.29) is 12.0 Å². The summed E-state index contributed by atoms with van der Waals surface area (Å²) in [6.45, 7) is 1.89. The fourth-order valence-electron chi connectivity index (χ4n) is 2.20. The van der Waals surface area contributed by atoms with Crippen LogP contribution < -0.4 is 4.72 Å². The predicted octanol–water partition coefficient (Wildman–Crippen LogP) is 3.50. The van der Waals surface area contributed by atoms with Crippen LogP contribution in [0.15, 0.2) is 14.1 Å². The monoisotopic (exact) mass is 371 g/mol. The molecule has 7 heteroatoms. The number of hydrogen-bond donors (Lipinski definition) is 1. The summed E-state index contributed by atoms with van der Waals surface area (Å²) < 4.78 is 28.5. The maximum atomic E-state index is 12.3. The van der Waals surface area contributed by atoms with Gasteiger partial charge in [-0.15, -0.1) is 22.9 Å². The minimum atomic E-state index is -3.41. The van der Waals surface area contributed by atoms with Gasteiger partial charge in [0.1, 0.15) is 4.21 Å². The van der Waals surface area contributed by atoms with Crippen LogP contribution >= 0.6 is 38.9 Å². The molecule has 2 rings (SSSR count). The van der Waals surface area contributed by atoms with Gasteiger partial charge < -0.3 is 0 Å². The van der Waals surface area contributed by atoms with E-state index in [1.54, 1.807) is 6.07 Å². The second kappa shape index (κ2) is 5.79. The summed E-state index contributed by atoms with van der Waals surface area (Å²) in [5.74, 6) is 0.770. The third-order valence-corrected chi connectivity index (χ3v) is 7.76. The predicted molar refractivity (Wildman–Crippen MR) is 78.9 cm³/mol. The van der Waals surface area contributed by atoms with Gasteiger partial charge in [0.05, 0.1) is 3.79 Å². The Morgan fingerprint density at radius 1 is 1.56 bits per heavy atom. The molecule has 0 spiro atoms. The van der Waals surface area contributed by atoms with Gasteiger partial charge in [0.2, 0.25) is 10.0 Å². The molecule has 2 atom stereocenters. The van der Waals surface area contributed by atoms with Crippen molar-refractivity contribution in [2.75, 3.05) is 5.88 Å². The first-order valence-electron chi connectivity index (χ1n) is 5.78. The first-order chi connectivity index (χ1) is 8.44. The average molecular weight is 373 g/mol. The average Bonchev–Trinajstić information content (AvgIpc) is 2.86. The maximum absolute atomic E-state index is 12.3. The molecule has 1 aromatic rings. The smallest absolute Gasteiger partial charge is 0.207 e. The Hall–Kier alpha value is 0.380. The molecule has 2 unspecified atom stereocenters. The van der Waals surface area contributed by atoms with Gasteiger partial charge in [0, 0.05) is 11.9 Å². The van der Waals surface area contributed by atoms with Gasteiger partial charge in [-0.3, -0.25) is 0 Å². The van der Waals surface area contributed by atoms with Gasteiger partial charge >= 0.3 is 0 Å². The number of rotatable bonds is 4. The van der Waals surface area contributed by atoms with Crippen molar-refractivity contribution in [1.29, 1.82) is 0 Å². The van der Waals surface area contributed by atoms with Crippen molar-refractivity contribution in [3.63, 3.8) is 0 Å². The van der Waals surface area contributed by atoms with Gasteiger partial charge in [0.15, 0.2) is 0 Å². The summed E-state index contributed by atoms with van der Waals surface area (Å²) in [7, 11) is -3.41. The number of nitrogens with one attached hydrogen (secondary N) is 1. The number of sulfonamides is 1. The van der Waals surface area contributed by atoms with E-state index in [2.05, 4.69) is 20.7 Å². The van der Waals surface area contributed by atoms with Crippen molar-refractivity contribution in [2.45, 2.75) is 36.4 Å². The zero-order chi connectivity index (χ0) is 13.3. The van der Waals surface area contributed by atoms with Crippen molar-refractivity contribution >= 4 is 48.9 Å². The quantitative estimate of drug-likeness (QED) is 0.822. The minimum absolute atomic E-state index is 0.0197. The second-order valence-corrected chi connectivity index (χ2v) is 9.21. The molecule has 1 fully saturated rings. The summed E-state index contributed by atoms with van der Waals surface area (Å²) >= 11 is 10.5. The Kier molecular flexibility index (Phi) is 4.75. The largest absolute Gasteiger partial charge is 0.250 e. The number of aryl methyl sites for hydroxylation is 1. The molecule has 1 aliphatic carbocycles. The third kappa shape index (κ3) is 3.10. The molecule has 1 aliphatic rings. The normalized spacial score (nSPS) is 24.6. The van der Waals surface area contributed by atoms with Crippen molar-refractivity contribution in [3.8, 4) is 0 Å². The van der Waals surface area contributed by atoms with Gasteiger partial charge in [-0.05, 0) is 53.2 Å². The lowest BCUT2D eigenvalue weighted by Crippen LogP contribution is -2.37. The number of thiophene rings is 1. The lowest BCUT2D eigenvalue weighted by molar-refractivity contribution is 0.481. The molecule has 18 heavy (non-hydrogen) atoms. The Balaban J connectivity index is 2.17. The van der Waals surface area contributed by atoms with Crippen molar-refractivity contribution in [2.24, 2.45) is 5.92 Å². The van der Waals surface area contributed by atoms with E-state index < -0.39 is 10.0 Å². The highest BCUT2D eigenvalue weighted by Crippen LogP contribution is 2.32. The summed E-state index contributed by atoms with van der Waals surface area (Å²) in [4.78, 5) is 0. The highest BCUT2D eigenvalue weighted by Gasteiger charge is 2.31. The molecular weight excluding hydrogens is 358 g/mol. The first kappa shape index (κ1) is 14.8. The molecule has 102 valence electrons. The molecule has 1 aromatic heterocycles. The van der Waals surface area contributed by atoms with Crippen LogP contribution in [0.4, 0.5) is 0 Å². The van der Waals surface area contributed by atoms with Crippen molar-refractivity contribution < 1.29 is 8.42 Å². The molecule has 1 saturated carbocycles. The van der Waals surface area contributed by atoms with E-state index in [4.69, 9.17) is 11.6 Å². The van der Waals surface area contributed by atoms with Gasteiger partial charge in [-0.1, -0.05) is 6.42 Å². The van der Waals surface area contributed by atoms with Crippen LogP contribution in [-0.2, 0) is 10.0 Å². The SMILES string of the molecule is Cc1cc(S(=O)(=O)NC2CCCC2CCl)sc1Br. The Bertz CT molecular complexity index is 510. The number of halogens is 2. The molecular formula is C11H15BrClNO2S2. The van der Waals surface area contributed by atoms with Crippen LogP contribution in [0.5, 0.6) is 0 Å². The van der Waals surface area contributed by atoms with E-state index >= 15 is 0 Å². The minimum Gasteiger partial charge on any atom is -0.207 e. The van der Waals surface area contributed by atoms with Crippen molar-refractivity contribution in [1.82, 2.24) is 4.72 Å². The molecule has 0 amide bonds. The fraction of sp³-hybridized carbons (Fsp3) is 0.636. The van der Waals surface area contributed by atoms with E-state index in [9.17, 15) is 8.42 Å². The van der Waals surface area contributed by atoms with E-state index in [0.717, 1.165) is 28.6 Å². The second-order valence-electron chi connectivity index (χ2n) is 4.60. The van der Waals surface area contributed by atoms with Crippen LogP contribution in [0.3, 0.4) is 0 Å². The van der Waals surface area contributed by atoms with Gasteiger partial charge in [-0.25, -0.2) is 13.1 Å². The van der Waals surface area contributed by atoms with Crippen LogP contribution in [0.1, 0.15) is 24.8 Å². The standard InChI is InChI=1S/C11H15BrClNO2S2/c1-7-5-10(17-11(7)12)18(15,16)14-9-4-2-3-8(9)6-13/h5,8-9,14H,2-4,6H2,1H3. The maximum Gasteiger partial charge on any atom is 0.250 e. The van der Waals surface area contributed by atoms with Gasteiger partial charge in [0.25, 0.3) is 0 Å². The van der Waals surface area contributed by atoms with Crippen LogP contribution in [-0.4, -0.2) is 20.3 Å². The van der Waals surface area contributed by atoms with E-state index in [1.807, 2.05) is 6.92 Å². The van der Waals surface area contributed by atoms with Gasteiger partial charge in [-0.2, -0.15) is 0 Å². The van der Waals surface area contributed by atoms with E-state index in [0.29, 0.717) is 10.1 Å². The summed E-state index contributed by atoms with van der Waals surface area (Å²) in [6.07, 6.45) is 2.92. The Morgan fingerprint density at radius 3 is 2.83 bits per heavy atom. The molecule has 0 aliphatic heterocycles. The molecule has 0 saturated heterocycles. The zero-order valence-electron chi connectivity index (χ0n) is 9.95. The summed E-state index contributed by atoms with van der Waals surface area (Å²) in [6, 6.07) is 1.68. The third-order valence-electron chi connectivity index (χ3n) is 3.26. The molecule has 3 nitrogen and oxygen atoms in total. The summed E-state index contributed by atoms with van der Waals surface area (Å²) in [5, 5.41) is 0. The molecule has 0 radical (unpaired) electrons. The Labute approximate surface area is 125 Å². The van der Waals surface area contributed by atoms with E-state index in [1.165, 1.54) is 11.3 Å². The highest BCUT2D eigenvalue weighted by molar-refractivity contribution is 9.11. The molecule has 1 heterocycles. The van der Waals surface area contributed by atoms with Crippen LogP contribution in [0.2, 0.25) is 0 Å². The van der Waals surface area contributed by atoms with Crippen molar-refractivity contribution in [3.05, 3.63) is 15.4 Å². The fourth-order valence-corrected chi connectivity index (χ4v) is 6.15.